The van der Waals surface area contributed by atoms with Gasteiger partial charge in [-0.15, -0.1) is 0 Å². The number of likely N-dealkylation sites (tertiary alicyclic amines) is 1. The van der Waals surface area contributed by atoms with E-state index in [1.807, 2.05) is 0 Å². The van der Waals surface area contributed by atoms with Gasteiger partial charge in [-0.3, -0.25) is 4.79 Å². The van der Waals surface area contributed by atoms with Gasteiger partial charge in [-0.1, -0.05) is 45.0 Å². The number of nitrogens with one attached hydrogen (secondary N) is 1. The minimum absolute atomic E-state index is 0.176. The fourth-order valence-electron chi connectivity index (χ4n) is 2.78. The second kappa shape index (κ2) is 6.61. The van der Waals surface area contributed by atoms with Crippen LogP contribution >= 0.6 is 0 Å². The molecule has 0 saturated carbocycles. The second-order valence-corrected chi connectivity index (χ2v) is 7.26. The molecule has 1 heterocycles. The molecule has 1 N–H and O–H groups in total. The van der Waals surface area contributed by atoms with Crippen LogP contribution in [0.1, 0.15) is 44.7 Å². The number of benzene rings is 1. The lowest BCUT2D eigenvalue weighted by Crippen LogP contribution is -2.36. The summed E-state index contributed by atoms with van der Waals surface area (Å²) in [7, 11) is 2.10. The molecule has 1 aromatic rings. The standard InChI is InChI=1S/C18H28N2O/c1-18(2,3)15-8-5-14(6-9-15)7-10-17(21)19-16-11-12-20(4)13-16/h5-6,8-9,16H,7,10-13H2,1-4H3,(H,19,21). The van der Waals surface area contributed by atoms with Gasteiger partial charge in [0.2, 0.25) is 5.91 Å². The molecule has 1 aliphatic rings. The predicted molar refractivity (Wildman–Crippen MR) is 87.5 cm³/mol. The molecule has 0 aromatic heterocycles. The summed E-state index contributed by atoms with van der Waals surface area (Å²) in [4.78, 5) is 14.2. The highest BCUT2D eigenvalue weighted by molar-refractivity contribution is 5.76. The first-order chi connectivity index (χ1) is 9.84. The van der Waals surface area contributed by atoms with Gasteiger partial charge in [-0.05, 0) is 43.0 Å². The average Bonchev–Trinajstić information content (AvgIpc) is 2.81. The van der Waals surface area contributed by atoms with E-state index in [0.29, 0.717) is 12.5 Å². The Labute approximate surface area is 128 Å². The smallest absolute Gasteiger partial charge is 0.220 e. The number of hydrogen-bond acceptors (Lipinski definition) is 2. The SMILES string of the molecule is CN1CCC(NC(=O)CCc2ccc(C(C)(C)C)cc2)C1. The molecule has 1 saturated heterocycles. The van der Waals surface area contributed by atoms with Gasteiger partial charge < -0.3 is 10.2 Å². The third-order valence-electron chi connectivity index (χ3n) is 4.22. The number of amides is 1. The van der Waals surface area contributed by atoms with E-state index in [1.165, 1.54) is 11.1 Å². The molecular weight excluding hydrogens is 260 g/mol. The molecule has 1 aliphatic heterocycles. The Morgan fingerprint density at radius 3 is 2.48 bits per heavy atom. The third-order valence-corrected chi connectivity index (χ3v) is 4.22. The molecule has 1 fully saturated rings. The minimum atomic E-state index is 0.176. The molecule has 0 radical (unpaired) electrons. The second-order valence-electron chi connectivity index (χ2n) is 7.26. The molecule has 1 atom stereocenters. The summed E-state index contributed by atoms with van der Waals surface area (Å²) >= 11 is 0. The van der Waals surface area contributed by atoms with E-state index in [1.54, 1.807) is 0 Å². The summed E-state index contributed by atoms with van der Waals surface area (Å²) in [6.07, 6.45) is 2.47. The fourth-order valence-corrected chi connectivity index (χ4v) is 2.78. The number of rotatable bonds is 4. The Bertz CT molecular complexity index is 473. The maximum absolute atomic E-state index is 12.0. The predicted octanol–water partition coefficient (Wildman–Crippen LogP) is 2.74. The van der Waals surface area contributed by atoms with E-state index in [9.17, 15) is 4.79 Å². The maximum atomic E-state index is 12.0. The molecule has 1 unspecified atom stereocenters. The van der Waals surface area contributed by atoms with Crippen molar-refractivity contribution in [2.75, 3.05) is 20.1 Å². The first kappa shape index (κ1) is 16.0. The van der Waals surface area contributed by atoms with E-state index in [-0.39, 0.29) is 11.3 Å². The van der Waals surface area contributed by atoms with Crippen LogP contribution in [0.4, 0.5) is 0 Å². The number of likely N-dealkylation sites (N-methyl/N-ethyl adjacent to an activating group) is 1. The van der Waals surface area contributed by atoms with Crippen LogP contribution in [0.2, 0.25) is 0 Å². The number of hydrogen-bond donors (Lipinski definition) is 1. The Kier molecular flexibility index (Phi) is 5.04. The summed E-state index contributed by atoms with van der Waals surface area (Å²) < 4.78 is 0. The summed E-state index contributed by atoms with van der Waals surface area (Å²) in [6, 6.07) is 9.00. The lowest BCUT2D eigenvalue weighted by molar-refractivity contribution is -0.121. The molecule has 0 aliphatic carbocycles. The van der Waals surface area contributed by atoms with Crippen molar-refractivity contribution < 1.29 is 4.79 Å². The van der Waals surface area contributed by atoms with Crippen LogP contribution < -0.4 is 5.32 Å². The molecule has 0 bridgehead atoms. The van der Waals surface area contributed by atoms with Gasteiger partial charge in [0, 0.05) is 19.0 Å². The molecular formula is C18H28N2O. The zero-order valence-electron chi connectivity index (χ0n) is 13.8. The van der Waals surface area contributed by atoms with Gasteiger partial charge in [0.15, 0.2) is 0 Å². The highest BCUT2D eigenvalue weighted by Gasteiger charge is 2.20. The number of carbonyl (C=O) groups excluding carboxylic acids is 1. The zero-order chi connectivity index (χ0) is 15.5. The molecule has 2 rings (SSSR count). The molecule has 21 heavy (non-hydrogen) atoms. The maximum Gasteiger partial charge on any atom is 0.220 e. The van der Waals surface area contributed by atoms with Crippen molar-refractivity contribution in [1.82, 2.24) is 10.2 Å². The number of carbonyl (C=O) groups is 1. The molecule has 3 heteroatoms. The van der Waals surface area contributed by atoms with Crippen LogP contribution in [-0.4, -0.2) is 37.0 Å². The Hall–Kier alpha value is -1.35. The summed E-state index contributed by atoms with van der Waals surface area (Å²) in [5.74, 6) is 0.176. The van der Waals surface area contributed by atoms with Crippen molar-refractivity contribution in [3.05, 3.63) is 35.4 Å². The van der Waals surface area contributed by atoms with E-state index in [0.717, 1.165) is 25.9 Å². The van der Waals surface area contributed by atoms with Gasteiger partial charge in [-0.25, -0.2) is 0 Å². The molecule has 1 amide bonds. The topological polar surface area (TPSA) is 32.3 Å². The van der Waals surface area contributed by atoms with Crippen LogP contribution in [0.5, 0.6) is 0 Å². The zero-order valence-corrected chi connectivity index (χ0v) is 13.8. The van der Waals surface area contributed by atoms with Crippen molar-refractivity contribution in [2.24, 2.45) is 0 Å². The normalized spacial score (nSPS) is 19.7. The Morgan fingerprint density at radius 1 is 1.29 bits per heavy atom. The average molecular weight is 288 g/mol. The van der Waals surface area contributed by atoms with Gasteiger partial charge in [0.05, 0.1) is 0 Å². The van der Waals surface area contributed by atoms with Crippen molar-refractivity contribution >= 4 is 5.91 Å². The highest BCUT2D eigenvalue weighted by Crippen LogP contribution is 2.22. The van der Waals surface area contributed by atoms with E-state index in [4.69, 9.17) is 0 Å². The Balaban J connectivity index is 1.78. The van der Waals surface area contributed by atoms with Gasteiger partial charge in [0.1, 0.15) is 0 Å². The van der Waals surface area contributed by atoms with Gasteiger partial charge in [0.25, 0.3) is 0 Å². The van der Waals surface area contributed by atoms with Crippen molar-refractivity contribution in [3.8, 4) is 0 Å². The number of aryl methyl sites for hydroxylation is 1. The summed E-state index contributed by atoms with van der Waals surface area (Å²) in [5.41, 5.74) is 2.76. The van der Waals surface area contributed by atoms with Gasteiger partial charge >= 0.3 is 0 Å². The lowest BCUT2D eigenvalue weighted by Gasteiger charge is -2.19. The molecule has 116 valence electrons. The third kappa shape index (κ3) is 4.85. The molecule has 0 spiro atoms. The number of nitrogens with zero attached hydrogens (tertiary/aromatic N) is 1. The van der Waals surface area contributed by atoms with Crippen LogP contribution in [0.3, 0.4) is 0 Å². The Morgan fingerprint density at radius 2 is 1.95 bits per heavy atom. The highest BCUT2D eigenvalue weighted by atomic mass is 16.1. The van der Waals surface area contributed by atoms with Crippen LogP contribution in [-0.2, 0) is 16.6 Å². The lowest BCUT2D eigenvalue weighted by atomic mass is 9.86. The molecule has 1 aromatic carbocycles. The van der Waals surface area contributed by atoms with Crippen molar-refractivity contribution in [2.45, 2.75) is 51.5 Å². The van der Waals surface area contributed by atoms with E-state index < -0.39 is 0 Å². The first-order valence-corrected chi connectivity index (χ1v) is 7.92. The molecule has 3 nitrogen and oxygen atoms in total. The van der Waals surface area contributed by atoms with Crippen molar-refractivity contribution in [1.29, 1.82) is 0 Å². The monoisotopic (exact) mass is 288 g/mol. The minimum Gasteiger partial charge on any atom is -0.352 e. The summed E-state index contributed by atoms with van der Waals surface area (Å²) in [5, 5.41) is 3.13. The first-order valence-electron chi connectivity index (χ1n) is 7.92. The quantitative estimate of drug-likeness (QED) is 0.924. The van der Waals surface area contributed by atoms with Crippen LogP contribution in [0, 0.1) is 0 Å². The largest absolute Gasteiger partial charge is 0.352 e. The summed E-state index contributed by atoms with van der Waals surface area (Å²) in [6.45, 7) is 8.71. The van der Waals surface area contributed by atoms with Crippen LogP contribution in [0.15, 0.2) is 24.3 Å². The van der Waals surface area contributed by atoms with E-state index in [2.05, 4.69) is 62.3 Å². The van der Waals surface area contributed by atoms with Crippen LogP contribution in [0.25, 0.3) is 0 Å². The fraction of sp³-hybridized carbons (Fsp3) is 0.611. The van der Waals surface area contributed by atoms with Crippen molar-refractivity contribution in [3.63, 3.8) is 0 Å². The van der Waals surface area contributed by atoms with Gasteiger partial charge in [-0.2, -0.15) is 0 Å². The van der Waals surface area contributed by atoms with E-state index >= 15 is 0 Å².